The highest BCUT2D eigenvalue weighted by atomic mass is 79.9. The molecule has 1 heterocycles. The summed E-state index contributed by atoms with van der Waals surface area (Å²) in [6.07, 6.45) is 0.638. The molecule has 1 aromatic heterocycles. The summed E-state index contributed by atoms with van der Waals surface area (Å²) in [4.78, 5) is 8.32. The number of nitrogens with one attached hydrogen (secondary N) is 1. The molecule has 0 saturated heterocycles. The average molecular weight is 303 g/mol. The smallest absolute Gasteiger partial charge is 0.225 e. The SMILES string of the molecule is CC(C)(C)C(CCO)Nc1nc(N)cc(Br)n1. The first kappa shape index (κ1) is 14.2. The lowest BCUT2D eigenvalue weighted by Crippen LogP contribution is -2.35. The Labute approximate surface area is 110 Å². The highest BCUT2D eigenvalue weighted by Crippen LogP contribution is 2.25. The van der Waals surface area contributed by atoms with Gasteiger partial charge >= 0.3 is 0 Å². The van der Waals surface area contributed by atoms with Gasteiger partial charge in [-0.1, -0.05) is 20.8 Å². The third-order valence-electron chi connectivity index (χ3n) is 2.48. The van der Waals surface area contributed by atoms with Crippen molar-refractivity contribution in [2.45, 2.75) is 33.2 Å². The van der Waals surface area contributed by atoms with E-state index in [2.05, 4.69) is 52.0 Å². The highest BCUT2D eigenvalue weighted by Gasteiger charge is 2.24. The molecule has 0 aliphatic heterocycles. The summed E-state index contributed by atoms with van der Waals surface area (Å²) >= 11 is 3.27. The van der Waals surface area contributed by atoms with E-state index >= 15 is 0 Å². The molecule has 0 amide bonds. The maximum Gasteiger partial charge on any atom is 0.225 e. The highest BCUT2D eigenvalue weighted by molar-refractivity contribution is 9.10. The quantitative estimate of drug-likeness (QED) is 0.741. The summed E-state index contributed by atoms with van der Waals surface area (Å²) in [6.45, 7) is 6.42. The summed E-state index contributed by atoms with van der Waals surface area (Å²) in [6, 6.07) is 1.73. The lowest BCUT2D eigenvalue weighted by molar-refractivity contribution is 0.235. The van der Waals surface area contributed by atoms with Crippen LogP contribution in [0.1, 0.15) is 27.2 Å². The lowest BCUT2D eigenvalue weighted by Gasteiger charge is -2.31. The molecule has 0 radical (unpaired) electrons. The molecule has 1 rings (SSSR count). The first-order valence-electron chi connectivity index (χ1n) is 5.50. The van der Waals surface area contributed by atoms with Crippen LogP contribution in [-0.4, -0.2) is 27.7 Å². The Morgan fingerprint density at radius 1 is 1.47 bits per heavy atom. The molecule has 6 heteroatoms. The summed E-state index contributed by atoms with van der Waals surface area (Å²) in [5.41, 5.74) is 5.65. The van der Waals surface area contributed by atoms with Gasteiger partial charge in [0.1, 0.15) is 10.4 Å². The number of aromatic nitrogens is 2. The number of nitrogens with zero attached hydrogens (tertiary/aromatic N) is 2. The number of hydrogen-bond acceptors (Lipinski definition) is 5. The van der Waals surface area contributed by atoms with Gasteiger partial charge in [-0.15, -0.1) is 0 Å². The Balaban J connectivity index is 2.86. The van der Waals surface area contributed by atoms with Crippen molar-refractivity contribution in [3.05, 3.63) is 10.7 Å². The van der Waals surface area contributed by atoms with E-state index in [1.807, 2.05) is 0 Å². The van der Waals surface area contributed by atoms with E-state index < -0.39 is 0 Å². The Morgan fingerprint density at radius 2 is 2.12 bits per heavy atom. The molecule has 0 aliphatic carbocycles. The van der Waals surface area contributed by atoms with Gasteiger partial charge in [-0.3, -0.25) is 0 Å². The van der Waals surface area contributed by atoms with Crippen molar-refractivity contribution in [2.24, 2.45) is 5.41 Å². The number of aliphatic hydroxyl groups is 1. The topological polar surface area (TPSA) is 84.1 Å². The Kier molecular flexibility index (Phi) is 4.70. The van der Waals surface area contributed by atoms with Crippen LogP contribution >= 0.6 is 15.9 Å². The predicted octanol–water partition coefficient (Wildman–Crippen LogP) is 2.03. The molecular weight excluding hydrogens is 284 g/mol. The van der Waals surface area contributed by atoms with Crippen molar-refractivity contribution in [1.82, 2.24) is 9.97 Å². The first-order chi connectivity index (χ1) is 7.82. The number of halogens is 1. The van der Waals surface area contributed by atoms with Gasteiger partial charge in [-0.25, -0.2) is 4.98 Å². The van der Waals surface area contributed by atoms with Crippen molar-refractivity contribution < 1.29 is 5.11 Å². The van der Waals surface area contributed by atoms with Crippen molar-refractivity contribution in [2.75, 3.05) is 17.7 Å². The van der Waals surface area contributed by atoms with Crippen LogP contribution in [0.25, 0.3) is 0 Å². The van der Waals surface area contributed by atoms with Crippen LogP contribution in [0.5, 0.6) is 0 Å². The molecule has 0 aromatic carbocycles. The zero-order chi connectivity index (χ0) is 13.1. The summed E-state index contributed by atoms with van der Waals surface area (Å²) in [7, 11) is 0. The fourth-order valence-electron chi connectivity index (χ4n) is 1.51. The van der Waals surface area contributed by atoms with Gasteiger partial charge in [-0.05, 0) is 27.8 Å². The molecule has 17 heavy (non-hydrogen) atoms. The Hall–Kier alpha value is -0.880. The largest absolute Gasteiger partial charge is 0.396 e. The van der Waals surface area contributed by atoms with Crippen LogP contribution in [0, 0.1) is 5.41 Å². The monoisotopic (exact) mass is 302 g/mol. The molecule has 1 atom stereocenters. The molecule has 0 spiro atoms. The van der Waals surface area contributed by atoms with Gasteiger partial charge in [0.05, 0.1) is 0 Å². The van der Waals surface area contributed by atoms with E-state index in [0.717, 1.165) is 0 Å². The molecule has 4 N–H and O–H groups in total. The van der Waals surface area contributed by atoms with Gasteiger partial charge in [0.15, 0.2) is 0 Å². The fourth-order valence-corrected chi connectivity index (χ4v) is 1.91. The second kappa shape index (κ2) is 5.64. The maximum absolute atomic E-state index is 9.07. The normalized spacial score (nSPS) is 13.5. The number of rotatable bonds is 4. The maximum atomic E-state index is 9.07. The predicted molar refractivity (Wildman–Crippen MR) is 72.7 cm³/mol. The van der Waals surface area contributed by atoms with Crippen LogP contribution in [-0.2, 0) is 0 Å². The van der Waals surface area contributed by atoms with E-state index in [1.165, 1.54) is 0 Å². The number of anilines is 2. The lowest BCUT2D eigenvalue weighted by atomic mass is 9.85. The second-order valence-corrected chi connectivity index (χ2v) is 5.83. The van der Waals surface area contributed by atoms with Crippen molar-refractivity contribution in [3.8, 4) is 0 Å². The van der Waals surface area contributed by atoms with E-state index in [-0.39, 0.29) is 18.1 Å². The van der Waals surface area contributed by atoms with Gasteiger partial charge in [0, 0.05) is 18.7 Å². The summed E-state index contributed by atoms with van der Waals surface area (Å²) < 4.78 is 0.643. The van der Waals surface area contributed by atoms with E-state index in [9.17, 15) is 0 Å². The summed E-state index contributed by atoms with van der Waals surface area (Å²) in [5, 5.41) is 12.3. The van der Waals surface area contributed by atoms with Crippen LogP contribution in [0.2, 0.25) is 0 Å². The number of hydrogen-bond donors (Lipinski definition) is 3. The van der Waals surface area contributed by atoms with Crippen molar-refractivity contribution in [3.63, 3.8) is 0 Å². The number of nitrogens with two attached hydrogens (primary N) is 1. The van der Waals surface area contributed by atoms with Crippen LogP contribution in [0.3, 0.4) is 0 Å². The molecule has 0 aliphatic rings. The van der Waals surface area contributed by atoms with Crippen LogP contribution in [0.4, 0.5) is 11.8 Å². The number of nitrogen functional groups attached to an aromatic ring is 1. The van der Waals surface area contributed by atoms with E-state index in [1.54, 1.807) is 6.07 Å². The minimum atomic E-state index is 0.00314. The zero-order valence-electron chi connectivity index (χ0n) is 10.4. The molecule has 1 unspecified atom stereocenters. The third kappa shape index (κ3) is 4.47. The second-order valence-electron chi connectivity index (χ2n) is 5.01. The summed E-state index contributed by atoms with van der Waals surface area (Å²) in [5.74, 6) is 0.885. The molecule has 96 valence electrons. The van der Waals surface area contributed by atoms with Gasteiger partial charge in [0.2, 0.25) is 5.95 Å². The van der Waals surface area contributed by atoms with E-state index in [4.69, 9.17) is 10.8 Å². The first-order valence-corrected chi connectivity index (χ1v) is 6.29. The van der Waals surface area contributed by atoms with Crippen LogP contribution < -0.4 is 11.1 Å². The average Bonchev–Trinajstić information content (AvgIpc) is 2.13. The zero-order valence-corrected chi connectivity index (χ0v) is 12.0. The van der Waals surface area contributed by atoms with Gasteiger partial charge < -0.3 is 16.2 Å². The van der Waals surface area contributed by atoms with Gasteiger partial charge in [0.25, 0.3) is 0 Å². The van der Waals surface area contributed by atoms with Gasteiger partial charge in [-0.2, -0.15) is 4.98 Å². The molecule has 0 saturated carbocycles. The minimum absolute atomic E-state index is 0.00314. The molecule has 1 aromatic rings. The number of aliphatic hydroxyl groups excluding tert-OH is 1. The fraction of sp³-hybridized carbons (Fsp3) is 0.636. The Morgan fingerprint density at radius 3 is 2.59 bits per heavy atom. The molecule has 5 nitrogen and oxygen atoms in total. The van der Waals surface area contributed by atoms with Crippen molar-refractivity contribution >= 4 is 27.7 Å². The van der Waals surface area contributed by atoms with Crippen LogP contribution in [0.15, 0.2) is 10.7 Å². The Bertz CT molecular complexity index is 358. The van der Waals surface area contributed by atoms with E-state index in [0.29, 0.717) is 22.8 Å². The molecular formula is C11H19BrN4O. The minimum Gasteiger partial charge on any atom is -0.396 e. The molecule has 0 fully saturated rings. The standard InChI is InChI=1S/C11H19BrN4O/c1-11(2,3)7(4-5-17)14-10-15-8(12)6-9(13)16-10/h6-7,17H,4-5H2,1-3H3,(H3,13,14,15,16). The van der Waals surface area contributed by atoms with Crippen molar-refractivity contribution in [1.29, 1.82) is 0 Å². The third-order valence-corrected chi connectivity index (χ3v) is 2.89. The molecule has 0 bridgehead atoms.